The first kappa shape index (κ1) is 32.7. The molecule has 3 aromatic rings. The third-order valence-corrected chi connectivity index (χ3v) is 8.45. The maximum absolute atomic E-state index is 13.9. The molecule has 8 nitrogen and oxygen atoms in total. The van der Waals surface area contributed by atoms with Gasteiger partial charge in [-0.25, -0.2) is 8.42 Å². The fourth-order valence-electron chi connectivity index (χ4n) is 4.64. The number of benzene rings is 3. The number of rotatable bonds is 15. The van der Waals surface area contributed by atoms with Gasteiger partial charge in [0, 0.05) is 32.0 Å². The Morgan fingerprint density at radius 3 is 2.14 bits per heavy atom. The van der Waals surface area contributed by atoms with Crippen molar-refractivity contribution in [3.63, 3.8) is 0 Å². The van der Waals surface area contributed by atoms with Gasteiger partial charge in [-0.05, 0) is 62.1 Å². The number of ether oxygens (including phenoxy) is 1. The minimum atomic E-state index is -3.59. The predicted molar refractivity (Wildman–Crippen MR) is 168 cm³/mol. The Labute approximate surface area is 250 Å². The van der Waals surface area contributed by atoms with Crippen molar-refractivity contribution in [2.75, 3.05) is 24.2 Å². The van der Waals surface area contributed by atoms with E-state index in [1.807, 2.05) is 75.4 Å². The van der Waals surface area contributed by atoms with Crippen LogP contribution in [0.1, 0.15) is 49.8 Å². The molecule has 0 radical (unpaired) electrons. The molecule has 0 bridgehead atoms. The molecule has 3 aromatic carbocycles. The van der Waals surface area contributed by atoms with E-state index in [1.165, 1.54) is 4.31 Å². The highest BCUT2D eigenvalue weighted by molar-refractivity contribution is 7.92. The van der Waals surface area contributed by atoms with E-state index in [9.17, 15) is 18.0 Å². The van der Waals surface area contributed by atoms with Gasteiger partial charge in [0.05, 0.1) is 19.1 Å². The minimum Gasteiger partial charge on any atom is -0.497 e. The van der Waals surface area contributed by atoms with Gasteiger partial charge in [-0.2, -0.15) is 0 Å². The molecule has 0 aliphatic heterocycles. The number of amides is 2. The second-order valence-corrected chi connectivity index (χ2v) is 12.6. The number of sulfonamides is 1. The molecule has 2 amide bonds. The van der Waals surface area contributed by atoms with Crippen LogP contribution in [0.4, 0.5) is 5.69 Å². The summed E-state index contributed by atoms with van der Waals surface area (Å²) in [5.74, 6) is 0.206. The Morgan fingerprint density at radius 1 is 0.929 bits per heavy atom. The molecule has 0 aliphatic rings. The predicted octanol–water partition coefficient (Wildman–Crippen LogP) is 5.10. The number of methoxy groups -OCH3 is 1. The lowest BCUT2D eigenvalue weighted by Crippen LogP contribution is -2.52. The summed E-state index contributed by atoms with van der Waals surface area (Å²) in [5.41, 5.74) is 3.47. The van der Waals surface area contributed by atoms with E-state index in [4.69, 9.17) is 4.74 Å². The zero-order valence-electron chi connectivity index (χ0n) is 25.2. The molecule has 0 aromatic heterocycles. The number of anilines is 1. The first-order chi connectivity index (χ1) is 20.0. The standard InChI is InChI=1S/C33H43N3O5S/c1-6-26(3)34-33(38)31(23-27-11-8-7-9-12-27)35(24-28-16-14-25(2)15-17-28)32(37)13-10-22-36(42(5,39)40)29-18-20-30(41-4)21-19-29/h7-9,11-12,14-21,26,31H,6,10,13,22-24H2,1-5H3,(H,34,38)/t26-,31+/m1/s1. The molecular formula is C33H43N3O5S. The van der Waals surface area contributed by atoms with Gasteiger partial charge in [0.2, 0.25) is 21.8 Å². The van der Waals surface area contributed by atoms with Crippen LogP contribution in [0.25, 0.3) is 0 Å². The van der Waals surface area contributed by atoms with Crippen LogP contribution in [0.2, 0.25) is 0 Å². The molecule has 0 heterocycles. The fourth-order valence-corrected chi connectivity index (χ4v) is 5.60. The van der Waals surface area contributed by atoms with E-state index in [2.05, 4.69) is 5.32 Å². The highest BCUT2D eigenvalue weighted by Gasteiger charge is 2.31. The van der Waals surface area contributed by atoms with Crippen molar-refractivity contribution in [1.82, 2.24) is 10.2 Å². The Kier molecular flexibility index (Phi) is 12.0. The molecule has 226 valence electrons. The molecule has 0 unspecified atom stereocenters. The largest absolute Gasteiger partial charge is 0.497 e. The van der Waals surface area contributed by atoms with Crippen molar-refractivity contribution in [1.29, 1.82) is 0 Å². The molecule has 1 N–H and O–H groups in total. The Hall–Kier alpha value is -3.85. The molecule has 3 rings (SSSR count). The molecule has 42 heavy (non-hydrogen) atoms. The molecule has 9 heteroatoms. The second kappa shape index (κ2) is 15.4. The quantitative estimate of drug-likeness (QED) is 0.264. The number of nitrogens with one attached hydrogen (secondary N) is 1. The summed E-state index contributed by atoms with van der Waals surface area (Å²) < 4.78 is 31.8. The molecule has 0 aliphatic carbocycles. The number of carbonyl (C=O) groups is 2. The SMILES string of the molecule is CC[C@@H](C)NC(=O)[C@H](Cc1ccccc1)N(Cc1ccc(C)cc1)C(=O)CCCN(c1ccc(OC)cc1)S(C)(=O)=O. The lowest BCUT2D eigenvalue weighted by atomic mass is 10.0. The topological polar surface area (TPSA) is 96.0 Å². The van der Waals surface area contributed by atoms with Gasteiger partial charge in [0.25, 0.3) is 0 Å². The van der Waals surface area contributed by atoms with E-state index < -0.39 is 16.1 Å². The van der Waals surface area contributed by atoms with Gasteiger partial charge in [-0.15, -0.1) is 0 Å². The van der Waals surface area contributed by atoms with Crippen molar-refractivity contribution in [3.05, 3.63) is 95.6 Å². The Balaban J connectivity index is 1.87. The maximum Gasteiger partial charge on any atom is 0.243 e. The van der Waals surface area contributed by atoms with Gasteiger partial charge in [0.15, 0.2) is 0 Å². The van der Waals surface area contributed by atoms with Crippen molar-refractivity contribution >= 4 is 27.5 Å². The lowest BCUT2D eigenvalue weighted by Gasteiger charge is -2.32. The van der Waals surface area contributed by atoms with Gasteiger partial charge >= 0.3 is 0 Å². The molecule has 0 saturated heterocycles. The zero-order valence-corrected chi connectivity index (χ0v) is 26.1. The van der Waals surface area contributed by atoms with Crippen LogP contribution < -0.4 is 14.4 Å². The van der Waals surface area contributed by atoms with E-state index in [1.54, 1.807) is 36.3 Å². The van der Waals surface area contributed by atoms with Gasteiger partial charge in [-0.3, -0.25) is 13.9 Å². The summed E-state index contributed by atoms with van der Waals surface area (Å²) >= 11 is 0. The average Bonchev–Trinajstić information content (AvgIpc) is 2.97. The number of hydrogen-bond donors (Lipinski definition) is 1. The Bertz CT molecular complexity index is 1390. The van der Waals surface area contributed by atoms with Crippen LogP contribution in [0, 0.1) is 6.92 Å². The summed E-state index contributed by atoms with van der Waals surface area (Å²) in [4.78, 5) is 29.2. The average molecular weight is 594 g/mol. The van der Waals surface area contributed by atoms with Crippen LogP contribution in [0.15, 0.2) is 78.9 Å². The van der Waals surface area contributed by atoms with Crippen LogP contribution >= 0.6 is 0 Å². The number of aryl methyl sites for hydroxylation is 1. The summed E-state index contributed by atoms with van der Waals surface area (Å²) in [5, 5.41) is 3.07. The Morgan fingerprint density at radius 2 is 1.57 bits per heavy atom. The monoisotopic (exact) mass is 593 g/mol. The second-order valence-electron chi connectivity index (χ2n) is 10.7. The lowest BCUT2D eigenvalue weighted by molar-refractivity contribution is -0.141. The van der Waals surface area contributed by atoms with Crippen molar-refractivity contribution in [2.45, 2.75) is 65.1 Å². The molecule has 0 fully saturated rings. The van der Waals surface area contributed by atoms with E-state index in [0.717, 1.165) is 29.4 Å². The van der Waals surface area contributed by atoms with E-state index in [0.29, 0.717) is 17.9 Å². The van der Waals surface area contributed by atoms with Crippen molar-refractivity contribution < 1.29 is 22.7 Å². The zero-order chi connectivity index (χ0) is 30.7. The normalized spacial score (nSPS) is 12.7. The first-order valence-corrected chi connectivity index (χ1v) is 16.2. The summed E-state index contributed by atoms with van der Waals surface area (Å²) in [6, 6.07) is 23.6. The van der Waals surface area contributed by atoms with Crippen LogP contribution in [0.5, 0.6) is 5.75 Å². The van der Waals surface area contributed by atoms with Gasteiger partial charge < -0.3 is 15.0 Å². The number of hydrogen-bond acceptors (Lipinski definition) is 5. The summed E-state index contributed by atoms with van der Waals surface area (Å²) in [6.07, 6.45) is 2.64. The van der Waals surface area contributed by atoms with Gasteiger partial charge in [-0.1, -0.05) is 67.1 Å². The maximum atomic E-state index is 13.9. The first-order valence-electron chi connectivity index (χ1n) is 14.3. The van der Waals surface area contributed by atoms with E-state index in [-0.39, 0.29) is 43.8 Å². The molecule has 0 saturated carbocycles. The van der Waals surface area contributed by atoms with Crippen molar-refractivity contribution in [3.8, 4) is 5.75 Å². The van der Waals surface area contributed by atoms with Crippen molar-refractivity contribution in [2.24, 2.45) is 0 Å². The highest BCUT2D eigenvalue weighted by Crippen LogP contribution is 2.23. The van der Waals surface area contributed by atoms with Crippen LogP contribution in [-0.2, 0) is 32.6 Å². The van der Waals surface area contributed by atoms with Crippen LogP contribution in [0.3, 0.4) is 0 Å². The minimum absolute atomic E-state index is 0.0417. The van der Waals surface area contributed by atoms with E-state index >= 15 is 0 Å². The third-order valence-electron chi connectivity index (χ3n) is 7.26. The van der Waals surface area contributed by atoms with Gasteiger partial charge in [0.1, 0.15) is 11.8 Å². The highest BCUT2D eigenvalue weighted by atomic mass is 32.2. The smallest absolute Gasteiger partial charge is 0.243 e. The fraction of sp³-hybridized carbons (Fsp3) is 0.394. The number of carbonyl (C=O) groups excluding carboxylic acids is 2. The summed E-state index contributed by atoms with van der Waals surface area (Å²) in [6.45, 7) is 6.34. The molecule has 2 atom stereocenters. The number of nitrogens with zero attached hydrogens (tertiary/aromatic N) is 2. The third kappa shape index (κ3) is 9.62. The van der Waals surface area contributed by atoms with Crippen LogP contribution in [-0.4, -0.2) is 57.1 Å². The molecular weight excluding hydrogens is 550 g/mol. The summed E-state index contributed by atoms with van der Waals surface area (Å²) in [7, 11) is -2.04. The molecule has 0 spiro atoms.